The Labute approximate surface area is 101 Å². The summed E-state index contributed by atoms with van der Waals surface area (Å²) in [6, 6.07) is 0.773. The maximum Gasteiger partial charge on any atom is 0.0474 e. The van der Waals surface area contributed by atoms with Gasteiger partial charge in [0.1, 0.15) is 0 Å². The van der Waals surface area contributed by atoms with Crippen LogP contribution >= 0.6 is 0 Å². The first-order valence-corrected chi connectivity index (χ1v) is 6.94. The summed E-state index contributed by atoms with van der Waals surface area (Å²) in [5, 5.41) is 3.68. The monoisotopic (exact) mass is 227 g/mol. The van der Waals surface area contributed by atoms with Crippen LogP contribution in [0.3, 0.4) is 0 Å². The van der Waals surface area contributed by atoms with Crippen LogP contribution in [0.4, 0.5) is 0 Å². The van der Waals surface area contributed by atoms with E-state index in [4.69, 9.17) is 4.74 Å². The second-order valence-corrected chi connectivity index (χ2v) is 5.66. The van der Waals surface area contributed by atoms with Gasteiger partial charge < -0.3 is 10.1 Å². The minimum absolute atomic E-state index is 0.773. The topological polar surface area (TPSA) is 21.3 Å². The molecule has 0 aromatic carbocycles. The summed E-state index contributed by atoms with van der Waals surface area (Å²) in [4.78, 5) is 0. The number of methoxy groups -OCH3 is 1. The zero-order chi connectivity index (χ0) is 11.8. The van der Waals surface area contributed by atoms with Crippen LogP contribution in [0.5, 0.6) is 0 Å². The van der Waals surface area contributed by atoms with Crippen molar-refractivity contribution in [2.45, 2.75) is 58.4 Å². The number of hydrogen-bond acceptors (Lipinski definition) is 2. The molecule has 1 aliphatic rings. The molecule has 1 rings (SSSR count). The summed E-state index contributed by atoms with van der Waals surface area (Å²) in [5.74, 6) is 1.82. The van der Waals surface area contributed by atoms with Crippen LogP contribution in [0.25, 0.3) is 0 Å². The molecule has 0 aromatic heterocycles. The molecule has 1 fully saturated rings. The smallest absolute Gasteiger partial charge is 0.0474 e. The van der Waals surface area contributed by atoms with Crippen LogP contribution < -0.4 is 5.32 Å². The second kappa shape index (κ2) is 8.08. The van der Waals surface area contributed by atoms with E-state index in [0.717, 1.165) is 37.5 Å². The van der Waals surface area contributed by atoms with Crippen molar-refractivity contribution < 1.29 is 4.74 Å². The Morgan fingerprint density at radius 3 is 2.81 bits per heavy atom. The van der Waals surface area contributed by atoms with Crippen LogP contribution in [-0.4, -0.2) is 26.3 Å². The van der Waals surface area contributed by atoms with Gasteiger partial charge in [0.25, 0.3) is 0 Å². The highest BCUT2D eigenvalue weighted by Gasteiger charge is 2.21. The third-order valence-corrected chi connectivity index (χ3v) is 3.55. The molecule has 0 aromatic rings. The SMILES string of the molecule is COCCCNC1CCCC(CC(C)C)C1. The Hall–Kier alpha value is -0.0800. The summed E-state index contributed by atoms with van der Waals surface area (Å²) < 4.78 is 5.06. The maximum absolute atomic E-state index is 5.06. The van der Waals surface area contributed by atoms with E-state index in [9.17, 15) is 0 Å². The first kappa shape index (κ1) is 14.0. The molecule has 1 saturated carbocycles. The van der Waals surface area contributed by atoms with Gasteiger partial charge in [0.05, 0.1) is 0 Å². The molecule has 96 valence electrons. The molecular formula is C14H29NO. The molecule has 1 N–H and O–H groups in total. The third kappa shape index (κ3) is 5.86. The highest BCUT2D eigenvalue weighted by atomic mass is 16.5. The van der Waals surface area contributed by atoms with E-state index >= 15 is 0 Å². The first-order chi connectivity index (χ1) is 7.72. The van der Waals surface area contributed by atoms with Gasteiger partial charge in [-0.15, -0.1) is 0 Å². The number of rotatable bonds is 7. The van der Waals surface area contributed by atoms with Crippen molar-refractivity contribution in [2.24, 2.45) is 11.8 Å². The van der Waals surface area contributed by atoms with Crippen molar-refractivity contribution in [1.82, 2.24) is 5.32 Å². The van der Waals surface area contributed by atoms with Gasteiger partial charge >= 0.3 is 0 Å². The number of ether oxygens (including phenoxy) is 1. The summed E-state index contributed by atoms with van der Waals surface area (Å²) in [6.45, 7) is 6.69. The van der Waals surface area contributed by atoms with Gasteiger partial charge in [0.2, 0.25) is 0 Å². The molecule has 2 heteroatoms. The van der Waals surface area contributed by atoms with Crippen molar-refractivity contribution in [3.63, 3.8) is 0 Å². The quantitative estimate of drug-likeness (QED) is 0.674. The molecule has 2 unspecified atom stereocenters. The van der Waals surface area contributed by atoms with Crippen LogP contribution in [0, 0.1) is 11.8 Å². The third-order valence-electron chi connectivity index (χ3n) is 3.55. The maximum atomic E-state index is 5.06. The lowest BCUT2D eigenvalue weighted by atomic mass is 9.81. The fourth-order valence-electron chi connectivity index (χ4n) is 2.88. The Morgan fingerprint density at radius 1 is 1.31 bits per heavy atom. The van der Waals surface area contributed by atoms with Crippen molar-refractivity contribution >= 4 is 0 Å². The predicted octanol–water partition coefficient (Wildman–Crippen LogP) is 3.22. The first-order valence-electron chi connectivity index (χ1n) is 6.94. The van der Waals surface area contributed by atoms with E-state index in [0.29, 0.717) is 0 Å². The minimum atomic E-state index is 0.773. The zero-order valence-electron chi connectivity index (χ0n) is 11.3. The van der Waals surface area contributed by atoms with Crippen molar-refractivity contribution in [2.75, 3.05) is 20.3 Å². The number of hydrogen-bond donors (Lipinski definition) is 1. The fraction of sp³-hybridized carbons (Fsp3) is 1.00. The van der Waals surface area contributed by atoms with Gasteiger partial charge in [-0.2, -0.15) is 0 Å². The van der Waals surface area contributed by atoms with E-state index in [2.05, 4.69) is 19.2 Å². The van der Waals surface area contributed by atoms with E-state index in [1.54, 1.807) is 7.11 Å². The van der Waals surface area contributed by atoms with Crippen molar-refractivity contribution in [3.05, 3.63) is 0 Å². The normalized spacial score (nSPS) is 26.2. The molecule has 0 spiro atoms. The van der Waals surface area contributed by atoms with Gasteiger partial charge in [-0.3, -0.25) is 0 Å². The van der Waals surface area contributed by atoms with Crippen LogP contribution in [0.15, 0.2) is 0 Å². The molecule has 0 amide bonds. The lowest BCUT2D eigenvalue weighted by molar-refractivity contribution is 0.189. The Morgan fingerprint density at radius 2 is 2.12 bits per heavy atom. The van der Waals surface area contributed by atoms with Crippen LogP contribution in [0.1, 0.15) is 52.4 Å². The summed E-state index contributed by atoms with van der Waals surface area (Å²) in [6.07, 6.45) is 8.19. The molecule has 1 aliphatic carbocycles. The van der Waals surface area contributed by atoms with Crippen LogP contribution in [-0.2, 0) is 4.74 Å². The average molecular weight is 227 g/mol. The van der Waals surface area contributed by atoms with Crippen molar-refractivity contribution in [3.8, 4) is 0 Å². The van der Waals surface area contributed by atoms with Gasteiger partial charge in [0.15, 0.2) is 0 Å². The van der Waals surface area contributed by atoms with Gasteiger partial charge in [0, 0.05) is 19.8 Å². The fourth-order valence-corrected chi connectivity index (χ4v) is 2.88. The minimum Gasteiger partial charge on any atom is -0.385 e. The lowest BCUT2D eigenvalue weighted by Gasteiger charge is -2.30. The molecule has 0 radical (unpaired) electrons. The van der Waals surface area contributed by atoms with Gasteiger partial charge in [-0.1, -0.05) is 26.7 Å². The van der Waals surface area contributed by atoms with Crippen molar-refractivity contribution in [1.29, 1.82) is 0 Å². The highest BCUT2D eigenvalue weighted by Crippen LogP contribution is 2.29. The number of nitrogens with one attached hydrogen (secondary N) is 1. The second-order valence-electron chi connectivity index (χ2n) is 5.66. The molecule has 0 saturated heterocycles. The van der Waals surface area contributed by atoms with Gasteiger partial charge in [-0.05, 0) is 44.1 Å². The van der Waals surface area contributed by atoms with E-state index < -0.39 is 0 Å². The average Bonchev–Trinajstić information content (AvgIpc) is 2.24. The Bertz CT molecular complexity index is 170. The summed E-state index contributed by atoms with van der Waals surface area (Å²) in [7, 11) is 1.78. The summed E-state index contributed by atoms with van der Waals surface area (Å²) >= 11 is 0. The largest absolute Gasteiger partial charge is 0.385 e. The molecule has 2 nitrogen and oxygen atoms in total. The molecule has 0 bridgehead atoms. The summed E-state index contributed by atoms with van der Waals surface area (Å²) in [5.41, 5.74) is 0. The van der Waals surface area contributed by atoms with Crippen LogP contribution in [0.2, 0.25) is 0 Å². The lowest BCUT2D eigenvalue weighted by Crippen LogP contribution is -2.35. The molecular weight excluding hydrogens is 198 g/mol. The Balaban J connectivity index is 2.12. The van der Waals surface area contributed by atoms with E-state index in [1.165, 1.54) is 32.1 Å². The zero-order valence-corrected chi connectivity index (χ0v) is 11.3. The molecule has 0 aliphatic heterocycles. The standard InChI is InChI=1S/C14H29NO/c1-12(2)10-13-6-4-7-14(11-13)15-8-5-9-16-3/h12-15H,4-11H2,1-3H3. The highest BCUT2D eigenvalue weighted by molar-refractivity contribution is 4.78. The Kier molecular flexibility index (Phi) is 7.06. The molecule has 2 atom stereocenters. The molecule has 0 heterocycles. The predicted molar refractivity (Wildman–Crippen MR) is 69.7 cm³/mol. The van der Waals surface area contributed by atoms with E-state index in [-0.39, 0.29) is 0 Å². The molecule has 16 heavy (non-hydrogen) atoms. The van der Waals surface area contributed by atoms with Gasteiger partial charge in [-0.25, -0.2) is 0 Å². The van der Waals surface area contributed by atoms with E-state index in [1.807, 2.05) is 0 Å².